The SMILES string of the molecule is CCNC1CCCN(C(C)CCN(C)C)C1=O. The molecule has 0 aromatic rings. The Morgan fingerprint density at radius 1 is 1.53 bits per heavy atom. The van der Waals surface area contributed by atoms with Crippen LogP contribution in [0.15, 0.2) is 0 Å². The Balaban J connectivity index is 2.48. The molecule has 1 N–H and O–H groups in total. The average Bonchev–Trinajstić information content (AvgIpc) is 2.29. The van der Waals surface area contributed by atoms with E-state index in [0.29, 0.717) is 11.9 Å². The van der Waals surface area contributed by atoms with E-state index in [1.165, 1.54) is 0 Å². The topological polar surface area (TPSA) is 35.6 Å². The van der Waals surface area contributed by atoms with Gasteiger partial charge in [0.2, 0.25) is 5.91 Å². The molecule has 1 aliphatic heterocycles. The molecule has 1 saturated heterocycles. The highest BCUT2D eigenvalue weighted by atomic mass is 16.2. The summed E-state index contributed by atoms with van der Waals surface area (Å²) in [5.74, 6) is 0.296. The van der Waals surface area contributed by atoms with Crippen molar-refractivity contribution >= 4 is 5.91 Å². The zero-order valence-electron chi connectivity index (χ0n) is 11.7. The van der Waals surface area contributed by atoms with Gasteiger partial charge in [-0.25, -0.2) is 0 Å². The van der Waals surface area contributed by atoms with Gasteiger partial charge in [0.15, 0.2) is 0 Å². The van der Waals surface area contributed by atoms with E-state index in [-0.39, 0.29) is 6.04 Å². The number of hydrogen-bond donors (Lipinski definition) is 1. The second-order valence-electron chi connectivity index (χ2n) is 5.23. The number of likely N-dealkylation sites (N-methyl/N-ethyl adjacent to an activating group) is 1. The molecule has 1 amide bonds. The van der Waals surface area contributed by atoms with Crippen LogP contribution in [0.1, 0.15) is 33.1 Å². The van der Waals surface area contributed by atoms with E-state index < -0.39 is 0 Å². The van der Waals surface area contributed by atoms with Gasteiger partial charge in [-0.05, 0) is 53.4 Å². The predicted octanol–water partition coefficient (Wildman–Crippen LogP) is 0.927. The number of piperidine rings is 1. The molecule has 0 radical (unpaired) electrons. The van der Waals surface area contributed by atoms with E-state index in [0.717, 1.165) is 38.9 Å². The van der Waals surface area contributed by atoms with Crippen LogP contribution in [-0.2, 0) is 4.79 Å². The van der Waals surface area contributed by atoms with Crippen molar-refractivity contribution < 1.29 is 4.79 Å². The predicted molar refractivity (Wildman–Crippen MR) is 71.0 cm³/mol. The quantitative estimate of drug-likeness (QED) is 0.751. The first-order chi connectivity index (χ1) is 8.06. The number of nitrogens with zero attached hydrogens (tertiary/aromatic N) is 2. The normalized spacial score (nSPS) is 23.2. The fourth-order valence-electron chi connectivity index (χ4n) is 2.37. The summed E-state index contributed by atoms with van der Waals surface area (Å²) in [7, 11) is 4.15. The van der Waals surface area contributed by atoms with E-state index in [1.807, 2.05) is 0 Å². The molecule has 0 spiro atoms. The van der Waals surface area contributed by atoms with Crippen LogP contribution in [0.25, 0.3) is 0 Å². The van der Waals surface area contributed by atoms with E-state index in [2.05, 4.69) is 43.1 Å². The van der Waals surface area contributed by atoms with Crippen LogP contribution in [-0.4, -0.2) is 61.5 Å². The summed E-state index contributed by atoms with van der Waals surface area (Å²) in [6, 6.07) is 0.405. The minimum atomic E-state index is 0.0514. The van der Waals surface area contributed by atoms with Crippen LogP contribution in [0.2, 0.25) is 0 Å². The highest BCUT2D eigenvalue weighted by Crippen LogP contribution is 2.16. The number of carbonyl (C=O) groups is 1. The number of carbonyl (C=O) groups excluding carboxylic acids is 1. The van der Waals surface area contributed by atoms with Gasteiger partial charge < -0.3 is 15.1 Å². The van der Waals surface area contributed by atoms with Crippen molar-refractivity contribution in [3.8, 4) is 0 Å². The Hall–Kier alpha value is -0.610. The summed E-state index contributed by atoms with van der Waals surface area (Å²) in [5, 5.41) is 3.28. The minimum Gasteiger partial charge on any atom is -0.339 e. The highest BCUT2D eigenvalue weighted by molar-refractivity contribution is 5.82. The average molecular weight is 241 g/mol. The highest BCUT2D eigenvalue weighted by Gasteiger charge is 2.30. The molecule has 1 aliphatic rings. The maximum absolute atomic E-state index is 12.3. The van der Waals surface area contributed by atoms with E-state index in [9.17, 15) is 4.79 Å². The van der Waals surface area contributed by atoms with Crippen LogP contribution < -0.4 is 5.32 Å². The summed E-state index contributed by atoms with van der Waals surface area (Å²) in [5.41, 5.74) is 0. The molecular formula is C13H27N3O. The summed E-state index contributed by atoms with van der Waals surface area (Å²) in [4.78, 5) is 16.5. The van der Waals surface area contributed by atoms with Crippen LogP contribution >= 0.6 is 0 Å². The molecule has 1 fully saturated rings. The van der Waals surface area contributed by atoms with Gasteiger partial charge in [-0.1, -0.05) is 6.92 Å². The van der Waals surface area contributed by atoms with E-state index in [4.69, 9.17) is 0 Å². The Morgan fingerprint density at radius 2 is 2.24 bits per heavy atom. The molecule has 0 aromatic heterocycles. The van der Waals surface area contributed by atoms with Crippen molar-refractivity contribution in [2.24, 2.45) is 0 Å². The molecule has 100 valence electrons. The molecule has 0 bridgehead atoms. The van der Waals surface area contributed by atoms with Crippen LogP contribution in [0, 0.1) is 0 Å². The molecule has 2 atom stereocenters. The lowest BCUT2D eigenvalue weighted by Crippen LogP contribution is -2.53. The summed E-state index contributed by atoms with van der Waals surface area (Å²) < 4.78 is 0. The van der Waals surface area contributed by atoms with Gasteiger partial charge in [0.25, 0.3) is 0 Å². The van der Waals surface area contributed by atoms with Crippen LogP contribution in [0.5, 0.6) is 0 Å². The van der Waals surface area contributed by atoms with Crippen molar-refractivity contribution in [2.75, 3.05) is 33.7 Å². The minimum absolute atomic E-state index is 0.0514. The number of hydrogen-bond acceptors (Lipinski definition) is 3. The molecule has 0 saturated carbocycles. The monoisotopic (exact) mass is 241 g/mol. The first-order valence-corrected chi connectivity index (χ1v) is 6.74. The van der Waals surface area contributed by atoms with Gasteiger partial charge in [-0.2, -0.15) is 0 Å². The second kappa shape index (κ2) is 6.97. The fraction of sp³-hybridized carbons (Fsp3) is 0.923. The lowest BCUT2D eigenvalue weighted by atomic mass is 10.0. The number of nitrogens with one attached hydrogen (secondary N) is 1. The van der Waals surface area contributed by atoms with Gasteiger partial charge in [0.05, 0.1) is 6.04 Å². The van der Waals surface area contributed by atoms with Crippen molar-refractivity contribution in [1.29, 1.82) is 0 Å². The van der Waals surface area contributed by atoms with Crippen LogP contribution in [0.4, 0.5) is 0 Å². The summed E-state index contributed by atoms with van der Waals surface area (Å²) in [6.45, 7) is 7.06. The van der Waals surface area contributed by atoms with Crippen LogP contribution in [0.3, 0.4) is 0 Å². The zero-order valence-corrected chi connectivity index (χ0v) is 11.7. The molecule has 4 nitrogen and oxygen atoms in total. The molecule has 4 heteroatoms. The smallest absolute Gasteiger partial charge is 0.239 e. The third kappa shape index (κ3) is 4.28. The molecule has 0 aromatic carbocycles. The summed E-state index contributed by atoms with van der Waals surface area (Å²) in [6.07, 6.45) is 3.16. The lowest BCUT2D eigenvalue weighted by Gasteiger charge is -2.37. The molecule has 2 unspecified atom stereocenters. The summed E-state index contributed by atoms with van der Waals surface area (Å²) >= 11 is 0. The number of likely N-dealkylation sites (tertiary alicyclic amines) is 1. The van der Waals surface area contributed by atoms with Gasteiger partial charge >= 0.3 is 0 Å². The molecule has 0 aliphatic carbocycles. The molecule has 1 rings (SSSR count). The van der Waals surface area contributed by atoms with Gasteiger partial charge in [0, 0.05) is 12.6 Å². The Morgan fingerprint density at radius 3 is 2.82 bits per heavy atom. The van der Waals surface area contributed by atoms with Crippen molar-refractivity contribution in [3.05, 3.63) is 0 Å². The van der Waals surface area contributed by atoms with Crippen molar-refractivity contribution in [2.45, 2.75) is 45.2 Å². The zero-order chi connectivity index (χ0) is 12.8. The lowest BCUT2D eigenvalue weighted by molar-refractivity contribution is -0.138. The maximum Gasteiger partial charge on any atom is 0.239 e. The van der Waals surface area contributed by atoms with Gasteiger partial charge in [-0.15, -0.1) is 0 Å². The van der Waals surface area contributed by atoms with Gasteiger partial charge in [-0.3, -0.25) is 4.79 Å². The van der Waals surface area contributed by atoms with E-state index >= 15 is 0 Å². The third-order valence-electron chi connectivity index (χ3n) is 3.45. The second-order valence-corrected chi connectivity index (χ2v) is 5.23. The first kappa shape index (κ1) is 14.5. The Bertz CT molecular complexity index is 241. The maximum atomic E-state index is 12.3. The molecule has 1 heterocycles. The Labute approximate surface area is 105 Å². The van der Waals surface area contributed by atoms with Crippen molar-refractivity contribution in [3.63, 3.8) is 0 Å². The third-order valence-corrected chi connectivity index (χ3v) is 3.45. The number of amides is 1. The van der Waals surface area contributed by atoms with Gasteiger partial charge in [0.1, 0.15) is 0 Å². The Kier molecular flexibility index (Phi) is 5.92. The standard InChI is InChI=1S/C13H27N3O/c1-5-14-12-7-6-9-16(13(12)17)11(2)8-10-15(3)4/h11-12,14H,5-10H2,1-4H3. The van der Waals surface area contributed by atoms with E-state index in [1.54, 1.807) is 0 Å². The largest absolute Gasteiger partial charge is 0.339 e. The first-order valence-electron chi connectivity index (χ1n) is 6.74. The number of rotatable bonds is 6. The molecular weight excluding hydrogens is 214 g/mol. The fourth-order valence-corrected chi connectivity index (χ4v) is 2.37. The van der Waals surface area contributed by atoms with Crippen molar-refractivity contribution in [1.82, 2.24) is 15.1 Å². The molecule has 17 heavy (non-hydrogen) atoms.